The zero-order valence-electron chi connectivity index (χ0n) is 17.3. The minimum atomic E-state index is -0.972. The van der Waals surface area contributed by atoms with Gasteiger partial charge in [0.2, 0.25) is 11.9 Å². The summed E-state index contributed by atoms with van der Waals surface area (Å²) in [5.41, 5.74) is 0.671. The van der Waals surface area contributed by atoms with Crippen LogP contribution < -0.4 is 9.80 Å². The number of halogens is 2. The molecule has 1 amide bonds. The van der Waals surface area contributed by atoms with E-state index in [-0.39, 0.29) is 35.3 Å². The lowest BCUT2D eigenvalue weighted by Crippen LogP contribution is -2.57. The van der Waals surface area contributed by atoms with E-state index in [9.17, 15) is 13.6 Å². The van der Waals surface area contributed by atoms with Crippen LogP contribution in [0.2, 0.25) is 0 Å². The maximum Gasteiger partial charge on any atom is 0.249 e. The van der Waals surface area contributed by atoms with Crippen LogP contribution in [0.25, 0.3) is 17.3 Å². The fraction of sp³-hybridized carbons (Fsp3) is 0.364. The highest BCUT2D eigenvalue weighted by molar-refractivity contribution is 6.04. The molecule has 3 heterocycles. The molecular weight excluding hydrogens is 402 g/mol. The molecule has 1 saturated carbocycles. The molecule has 1 aliphatic carbocycles. The Morgan fingerprint density at radius 2 is 2.00 bits per heavy atom. The van der Waals surface area contributed by atoms with Gasteiger partial charge in [0.1, 0.15) is 17.6 Å². The summed E-state index contributed by atoms with van der Waals surface area (Å²) in [6.07, 6.45) is 8.54. The van der Waals surface area contributed by atoms with Crippen LogP contribution in [0.15, 0.2) is 36.8 Å². The number of rotatable bonds is 4. The van der Waals surface area contributed by atoms with Crippen LogP contribution in [-0.4, -0.2) is 44.6 Å². The van der Waals surface area contributed by atoms with Gasteiger partial charge in [0, 0.05) is 25.5 Å². The standard InChI is InChI=1S/C22H22F2N6O/c1-3-16-21(31)28(2)17-12-26-22(27-20(17)30(16)13-6-4-7-13)29-11-10-25-19(29)14-8-5-9-15(23)18(14)24/h5,8-13,16H,3-4,6-7H2,1-2H3. The molecule has 0 N–H and O–H groups in total. The van der Waals surface area contributed by atoms with Crippen molar-refractivity contribution in [2.45, 2.75) is 44.7 Å². The van der Waals surface area contributed by atoms with Crippen LogP contribution in [0.3, 0.4) is 0 Å². The number of fused-ring (bicyclic) bond motifs is 1. The minimum absolute atomic E-state index is 0.0286. The largest absolute Gasteiger partial charge is 0.340 e. The molecule has 1 fully saturated rings. The molecule has 0 bridgehead atoms. The zero-order chi connectivity index (χ0) is 21.7. The molecule has 2 aliphatic rings. The summed E-state index contributed by atoms with van der Waals surface area (Å²) >= 11 is 0. The van der Waals surface area contributed by atoms with Crippen molar-refractivity contribution >= 4 is 17.4 Å². The molecule has 0 spiro atoms. The second kappa shape index (κ2) is 7.40. The molecule has 1 atom stereocenters. The number of imidazole rings is 1. The molecule has 0 radical (unpaired) electrons. The summed E-state index contributed by atoms with van der Waals surface area (Å²) in [5.74, 6) is -0.705. The average molecular weight is 424 g/mol. The molecule has 9 heteroatoms. The Morgan fingerprint density at radius 3 is 2.71 bits per heavy atom. The van der Waals surface area contributed by atoms with Gasteiger partial charge in [0.15, 0.2) is 17.5 Å². The molecule has 5 rings (SSSR count). The number of hydrogen-bond donors (Lipinski definition) is 0. The number of anilines is 2. The smallest absolute Gasteiger partial charge is 0.249 e. The Balaban J connectivity index is 1.64. The van der Waals surface area contributed by atoms with Crippen LogP contribution in [-0.2, 0) is 4.79 Å². The fourth-order valence-electron chi connectivity index (χ4n) is 4.31. The summed E-state index contributed by atoms with van der Waals surface area (Å²) in [6, 6.07) is 3.94. The number of benzene rings is 1. The summed E-state index contributed by atoms with van der Waals surface area (Å²) in [7, 11) is 1.73. The Bertz CT molecular complexity index is 1160. The number of carbonyl (C=O) groups is 1. The lowest BCUT2D eigenvalue weighted by atomic mass is 9.88. The lowest BCUT2D eigenvalue weighted by Gasteiger charge is -2.47. The van der Waals surface area contributed by atoms with Gasteiger partial charge in [0.25, 0.3) is 0 Å². The van der Waals surface area contributed by atoms with E-state index >= 15 is 0 Å². The SMILES string of the molecule is CCC1C(=O)N(C)c2cnc(-n3ccnc3-c3cccc(F)c3F)nc2N1C1CCC1. The predicted octanol–water partition coefficient (Wildman–Crippen LogP) is 3.72. The van der Waals surface area contributed by atoms with Crippen molar-refractivity contribution in [3.05, 3.63) is 48.4 Å². The lowest BCUT2D eigenvalue weighted by molar-refractivity contribution is -0.120. The van der Waals surface area contributed by atoms with Crippen LogP contribution >= 0.6 is 0 Å². The molecule has 3 aromatic rings. The minimum Gasteiger partial charge on any atom is -0.340 e. The Morgan fingerprint density at radius 1 is 1.19 bits per heavy atom. The first-order chi connectivity index (χ1) is 15.0. The van der Waals surface area contributed by atoms with E-state index in [4.69, 9.17) is 4.98 Å². The fourth-order valence-corrected chi connectivity index (χ4v) is 4.31. The predicted molar refractivity (Wildman–Crippen MR) is 112 cm³/mol. The number of aromatic nitrogens is 4. The van der Waals surface area contributed by atoms with E-state index in [2.05, 4.69) is 14.9 Å². The molecule has 160 valence electrons. The molecule has 7 nitrogen and oxygen atoms in total. The first-order valence-corrected chi connectivity index (χ1v) is 10.4. The van der Waals surface area contributed by atoms with E-state index in [0.717, 1.165) is 25.3 Å². The third kappa shape index (κ3) is 2.98. The van der Waals surface area contributed by atoms with Crippen LogP contribution in [0.5, 0.6) is 0 Å². The number of likely N-dealkylation sites (N-methyl/N-ethyl adjacent to an activating group) is 1. The number of amides is 1. The topological polar surface area (TPSA) is 67.2 Å². The van der Waals surface area contributed by atoms with Crippen LogP contribution in [0.1, 0.15) is 32.6 Å². The van der Waals surface area contributed by atoms with Gasteiger partial charge in [-0.3, -0.25) is 9.36 Å². The van der Waals surface area contributed by atoms with Crippen molar-refractivity contribution in [2.75, 3.05) is 16.8 Å². The van der Waals surface area contributed by atoms with Gasteiger partial charge < -0.3 is 9.80 Å². The number of nitrogens with zero attached hydrogens (tertiary/aromatic N) is 6. The van der Waals surface area contributed by atoms with Gasteiger partial charge in [-0.15, -0.1) is 0 Å². The molecule has 1 aliphatic heterocycles. The van der Waals surface area contributed by atoms with E-state index in [0.29, 0.717) is 17.9 Å². The van der Waals surface area contributed by atoms with Gasteiger partial charge in [0.05, 0.1) is 11.8 Å². The second-order valence-corrected chi connectivity index (χ2v) is 7.91. The van der Waals surface area contributed by atoms with Crippen LogP contribution in [0, 0.1) is 11.6 Å². The third-order valence-electron chi connectivity index (χ3n) is 6.20. The van der Waals surface area contributed by atoms with Gasteiger partial charge >= 0.3 is 0 Å². The van der Waals surface area contributed by atoms with Crippen molar-refractivity contribution in [1.29, 1.82) is 0 Å². The first kappa shape index (κ1) is 19.6. The summed E-state index contributed by atoms with van der Waals surface area (Å²) < 4.78 is 29.8. The van der Waals surface area contributed by atoms with Gasteiger partial charge in [-0.25, -0.2) is 18.7 Å². The monoisotopic (exact) mass is 424 g/mol. The molecule has 1 unspecified atom stereocenters. The Kier molecular flexibility index (Phi) is 4.68. The van der Waals surface area contributed by atoms with Crippen molar-refractivity contribution in [3.8, 4) is 17.3 Å². The van der Waals surface area contributed by atoms with E-state index in [1.54, 1.807) is 24.3 Å². The molecule has 0 saturated heterocycles. The van der Waals surface area contributed by atoms with Crippen molar-refractivity contribution < 1.29 is 13.6 Å². The zero-order valence-corrected chi connectivity index (χ0v) is 17.3. The average Bonchev–Trinajstić information content (AvgIpc) is 3.22. The van der Waals surface area contributed by atoms with Crippen molar-refractivity contribution in [2.24, 2.45) is 0 Å². The normalized spacial score (nSPS) is 18.8. The van der Waals surface area contributed by atoms with Gasteiger partial charge in [-0.05, 0) is 37.8 Å². The van der Waals surface area contributed by atoms with Crippen LogP contribution in [0.4, 0.5) is 20.3 Å². The van der Waals surface area contributed by atoms with E-state index < -0.39 is 11.6 Å². The highest BCUT2D eigenvalue weighted by Crippen LogP contribution is 2.40. The molecule has 1 aromatic carbocycles. The van der Waals surface area contributed by atoms with Gasteiger partial charge in [-0.1, -0.05) is 13.0 Å². The Labute approximate surface area is 178 Å². The molecular formula is C22H22F2N6O. The van der Waals surface area contributed by atoms with Gasteiger partial charge in [-0.2, -0.15) is 4.98 Å². The molecule has 31 heavy (non-hydrogen) atoms. The highest BCUT2D eigenvalue weighted by Gasteiger charge is 2.42. The number of hydrogen-bond acceptors (Lipinski definition) is 5. The Hall–Kier alpha value is -3.36. The first-order valence-electron chi connectivity index (χ1n) is 10.4. The summed E-state index contributed by atoms with van der Waals surface area (Å²) in [4.78, 5) is 30.1. The summed E-state index contributed by atoms with van der Waals surface area (Å²) in [6.45, 7) is 2.00. The second-order valence-electron chi connectivity index (χ2n) is 7.91. The highest BCUT2D eigenvalue weighted by atomic mass is 19.2. The van der Waals surface area contributed by atoms with E-state index in [1.807, 2.05) is 6.92 Å². The maximum atomic E-state index is 14.4. The third-order valence-corrected chi connectivity index (χ3v) is 6.20. The van der Waals surface area contributed by atoms with Crippen molar-refractivity contribution in [1.82, 2.24) is 19.5 Å². The summed E-state index contributed by atoms with van der Waals surface area (Å²) in [5, 5.41) is 0. The van der Waals surface area contributed by atoms with E-state index in [1.165, 1.54) is 22.9 Å². The number of carbonyl (C=O) groups excluding carboxylic acids is 1. The maximum absolute atomic E-state index is 14.4. The molecule has 2 aromatic heterocycles. The van der Waals surface area contributed by atoms with Crippen molar-refractivity contribution in [3.63, 3.8) is 0 Å². The quantitative estimate of drug-likeness (QED) is 0.639.